The van der Waals surface area contributed by atoms with E-state index in [0.717, 1.165) is 3.57 Å². The number of rotatable bonds is 2. The molecule has 4 atom stereocenters. The first-order valence-electron chi connectivity index (χ1n) is 6.36. The van der Waals surface area contributed by atoms with Crippen LogP contribution in [-0.4, -0.2) is 54.8 Å². The van der Waals surface area contributed by atoms with Gasteiger partial charge in [-0.2, -0.15) is 0 Å². The highest BCUT2D eigenvalue weighted by Gasteiger charge is 2.44. The minimum atomic E-state index is -1.16. The lowest BCUT2D eigenvalue weighted by molar-refractivity contribution is -0.0509. The Labute approximate surface area is 133 Å². The molecule has 0 radical (unpaired) electrons. The van der Waals surface area contributed by atoms with Crippen molar-refractivity contribution < 1.29 is 20.1 Å². The maximum absolute atomic E-state index is 10.1. The number of nitrogen functional groups attached to an aromatic ring is 1. The van der Waals surface area contributed by atoms with E-state index in [1.807, 2.05) is 0 Å². The molecule has 9 heteroatoms. The number of anilines is 1. The minimum absolute atomic E-state index is 0.354. The van der Waals surface area contributed by atoms with Crippen LogP contribution in [0.15, 0.2) is 6.20 Å². The number of fused-ring (bicyclic) bond motifs is 1. The van der Waals surface area contributed by atoms with Crippen molar-refractivity contribution in [3.63, 3.8) is 0 Å². The van der Waals surface area contributed by atoms with Gasteiger partial charge in [0.2, 0.25) is 0 Å². The lowest BCUT2D eigenvalue weighted by Crippen LogP contribution is -2.33. The van der Waals surface area contributed by atoms with E-state index < -0.39 is 24.5 Å². The fourth-order valence-electron chi connectivity index (χ4n) is 2.55. The smallest absolute Gasteiger partial charge is 0.164 e. The van der Waals surface area contributed by atoms with Crippen LogP contribution in [0.4, 0.5) is 5.82 Å². The average Bonchev–Trinajstić information content (AvgIpc) is 2.89. The molecule has 3 heterocycles. The largest absolute Gasteiger partial charge is 0.394 e. The van der Waals surface area contributed by atoms with Crippen molar-refractivity contribution in [2.75, 3.05) is 12.3 Å². The SMILES string of the molecule is Cc1nc(N)c2c(I)cn(C3OC(CO)C(O)C3O)c2n1. The molecule has 1 aliphatic heterocycles. The van der Waals surface area contributed by atoms with E-state index in [1.54, 1.807) is 17.7 Å². The van der Waals surface area contributed by atoms with Gasteiger partial charge in [0.1, 0.15) is 35.6 Å². The monoisotopic (exact) mass is 406 g/mol. The van der Waals surface area contributed by atoms with Crippen LogP contribution in [0.2, 0.25) is 0 Å². The molecule has 0 aromatic carbocycles. The van der Waals surface area contributed by atoms with Gasteiger partial charge in [0.05, 0.1) is 12.0 Å². The Hall–Kier alpha value is -1.01. The molecule has 8 nitrogen and oxygen atoms in total. The predicted molar refractivity (Wildman–Crippen MR) is 82.4 cm³/mol. The Kier molecular flexibility index (Phi) is 3.78. The molecular weight excluding hydrogens is 391 g/mol. The fraction of sp³-hybridized carbons (Fsp3) is 0.500. The van der Waals surface area contributed by atoms with Crippen molar-refractivity contribution in [3.05, 3.63) is 15.6 Å². The molecule has 3 rings (SSSR count). The molecule has 0 aliphatic carbocycles. The Morgan fingerprint density at radius 1 is 1.38 bits per heavy atom. The zero-order valence-electron chi connectivity index (χ0n) is 11.1. The molecule has 114 valence electrons. The molecule has 0 spiro atoms. The van der Waals surface area contributed by atoms with Crippen molar-refractivity contribution in [3.8, 4) is 0 Å². The third-order valence-corrected chi connectivity index (χ3v) is 4.37. The normalized spacial score (nSPS) is 29.4. The van der Waals surface area contributed by atoms with E-state index in [0.29, 0.717) is 22.7 Å². The Morgan fingerprint density at radius 2 is 2.10 bits per heavy atom. The number of hydrogen-bond donors (Lipinski definition) is 4. The van der Waals surface area contributed by atoms with Crippen LogP contribution in [-0.2, 0) is 4.74 Å². The van der Waals surface area contributed by atoms with Gasteiger partial charge < -0.3 is 30.4 Å². The van der Waals surface area contributed by atoms with Gasteiger partial charge >= 0.3 is 0 Å². The van der Waals surface area contributed by atoms with Crippen LogP contribution in [0.5, 0.6) is 0 Å². The number of aliphatic hydroxyl groups excluding tert-OH is 3. The van der Waals surface area contributed by atoms with Gasteiger partial charge in [0.15, 0.2) is 6.23 Å². The van der Waals surface area contributed by atoms with Gasteiger partial charge in [-0.05, 0) is 29.5 Å². The number of halogens is 1. The molecule has 0 amide bonds. The number of nitrogens with zero attached hydrogens (tertiary/aromatic N) is 3. The average molecular weight is 406 g/mol. The van der Waals surface area contributed by atoms with Crippen molar-refractivity contribution in [1.29, 1.82) is 0 Å². The summed E-state index contributed by atoms with van der Waals surface area (Å²) in [5.74, 6) is 0.856. The van der Waals surface area contributed by atoms with Gasteiger partial charge in [0.25, 0.3) is 0 Å². The first-order valence-corrected chi connectivity index (χ1v) is 7.44. The summed E-state index contributed by atoms with van der Waals surface area (Å²) in [6, 6.07) is 0. The first kappa shape index (κ1) is 14.9. The van der Waals surface area contributed by atoms with Crippen LogP contribution < -0.4 is 5.73 Å². The van der Waals surface area contributed by atoms with E-state index in [-0.39, 0.29) is 6.61 Å². The maximum Gasteiger partial charge on any atom is 0.164 e. The zero-order valence-corrected chi connectivity index (χ0v) is 13.3. The highest BCUT2D eigenvalue weighted by atomic mass is 127. The second-order valence-corrected chi connectivity index (χ2v) is 6.13. The summed E-state index contributed by atoms with van der Waals surface area (Å²) in [5.41, 5.74) is 6.45. The highest BCUT2D eigenvalue weighted by molar-refractivity contribution is 14.1. The molecule has 0 saturated carbocycles. The van der Waals surface area contributed by atoms with E-state index in [2.05, 4.69) is 32.6 Å². The molecule has 5 N–H and O–H groups in total. The Bertz CT molecular complexity index is 691. The minimum Gasteiger partial charge on any atom is -0.394 e. The van der Waals surface area contributed by atoms with Gasteiger partial charge in [-0.1, -0.05) is 0 Å². The Morgan fingerprint density at radius 3 is 2.71 bits per heavy atom. The molecule has 2 aromatic heterocycles. The van der Waals surface area contributed by atoms with Gasteiger partial charge in [-0.3, -0.25) is 0 Å². The lowest BCUT2D eigenvalue weighted by Gasteiger charge is -2.17. The molecule has 21 heavy (non-hydrogen) atoms. The highest BCUT2D eigenvalue weighted by Crippen LogP contribution is 2.35. The van der Waals surface area contributed by atoms with E-state index >= 15 is 0 Å². The third kappa shape index (κ3) is 2.28. The Balaban J connectivity index is 2.13. The zero-order chi connectivity index (χ0) is 15.3. The van der Waals surface area contributed by atoms with Crippen molar-refractivity contribution in [2.45, 2.75) is 31.5 Å². The summed E-state index contributed by atoms with van der Waals surface area (Å²) >= 11 is 2.10. The van der Waals surface area contributed by atoms with Gasteiger partial charge in [0, 0.05) is 9.77 Å². The van der Waals surface area contributed by atoms with E-state index in [4.69, 9.17) is 10.5 Å². The molecule has 1 fully saturated rings. The summed E-state index contributed by atoms with van der Waals surface area (Å²) < 4.78 is 7.96. The standard InChI is InChI=1S/C12H15IN4O4/c1-4-15-10(14)7-5(13)2-17(11(7)16-4)12-9(20)8(19)6(3-18)21-12/h2,6,8-9,12,18-20H,3H2,1H3,(H2,14,15,16). The van der Waals surface area contributed by atoms with Crippen LogP contribution >= 0.6 is 22.6 Å². The molecular formula is C12H15IN4O4. The molecule has 2 aromatic rings. The molecule has 1 aliphatic rings. The van der Waals surface area contributed by atoms with Gasteiger partial charge in [-0.25, -0.2) is 9.97 Å². The molecule has 0 bridgehead atoms. The number of nitrogens with two attached hydrogens (primary N) is 1. The lowest BCUT2D eigenvalue weighted by atomic mass is 10.1. The van der Waals surface area contributed by atoms with Crippen LogP contribution in [0.3, 0.4) is 0 Å². The van der Waals surface area contributed by atoms with Crippen molar-refractivity contribution in [1.82, 2.24) is 14.5 Å². The number of aryl methyl sites for hydroxylation is 1. The molecule has 4 unspecified atom stereocenters. The second kappa shape index (κ2) is 5.32. The van der Waals surface area contributed by atoms with Crippen LogP contribution in [0.1, 0.15) is 12.1 Å². The summed E-state index contributed by atoms with van der Waals surface area (Å²) in [6.07, 6.45) is -2.26. The predicted octanol–water partition coefficient (Wildman–Crippen LogP) is -0.462. The third-order valence-electron chi connectivity index (χ3n) is 3.56. The van der Waals surface area contributed by atoms with Crippen molar-refractivity contribution >= 4 is 39.4 Å². The number of aliphatic hydroxyl groups is 3. The van der Waals surface area contributed by atoms with E-state index in [9.17, 15) is 15.3 Å². The van der Waals surface area contributed by atoms with Crippen LogP contribution in [0, 0.1) is 10.5 Å². The quantitative estimate of drug-likeness (QED) is 0.497. The van der Waals surface area contributed by atoms with Gasteiger partial charge in [-0.15, -0.1) is 0 Å². The van der Waals surface area contributed by atoms with Crippen LogP contribution in [0.25, 0.3) is 11.0 Å². The first-order chi connectivity index (χ1) is 9.93. The summed E-state index contributed by atoms with van der Waals surface area (Å²) in [6.45, 7) is 1.35. The molecule has 1 saturated heterocycles. The van der Waals surface area contributed by atoms with E-state index in [1.165, 1.54) is 0 Å². The topological polar surface area (TPSA) is 127 Å². The summed E-state index contributed by atoms with van der Waals surface area (Å²) in [5, 5.41) is 29.9. The number of ether oxygens (including phenoxy) is 1. The number of hydrogen-bond acceptors (Lipinski definition) is 7. The van der Waals surface area contributed by atoms with Crippen molar-refractivity contribution in [2.24, 2.45) is 0 Å². The second-order valence-electron chi connectivity index (χ2n) is 4.97. The summed E-state index contributed by atoms with van der Waals surface area (Å²) in [4.78, 5) is 8.47. The number of aromatic nitrogens is 3. The fourth-order valence-corrected chi connectivity index (χ4v) is 3.36. The summed E-state index contributed by atoms with van der Waals surface area (Å²) in [7, 11) is 0. The maximum atomic E-state index is 10.1.